The van der Waals surface area contributed by atoms with Crippen LogP contribution in [0.15, 0.2) is 47.4 Å². The van der Waals surface area contributed by atoms with Gasteiger partial charge in [-0.3, -0.25) is 9.10 Å². The Hall–Kier alpha value is -2.34. The average Bonchev–Trinajstić information content (AvgIpc) is 2.97. The van der Waals surface area contributed by atoms with Crippen molar-refractivity contribution in [2.24, 2.45) is 0 Å². The Balaban J connectivity index is 1.94. The van der Waals surface area contributed by atoms with Gasteiger partial charge in [0.25, 0.3) is 15.9 Å². The van der Waals surface area contributed by atoms with Crippen molar-refractivity contribution in [3.63, 3.8) is 0 Å². The number of hydrogen-bond acceptors (Lipinski definition) is 3. The maximum absolute atomic E-state index is 13.2. The van der Waals surface area contributed by atoms with E-state index in [2.05, 4.69) is 5.32 Å². The molecule has 5 nitrogen and oxygen atoms in total. The maximum Gasteiger partial charge on any atom is 0.264 e. The van der Waals surface area contributed by atoms with Crippen LogP contribution < -0.4 is 9.62 Å². The Labute approximate surface area is 161 Å². The fourth-order valence-electron chi connectivity index (χ4n) is 3.34. The van der Waals surface area contributed by atoms with Gasteiger partial charge in [0.1, 0.15) is 0 Å². The monoisotopic (exact) mass is 386 g/mol. The lowest BCUT2D eigenvalue weighted by molar-refractivity contribution is 0.0939. The van der Waals surface area contributed by atoms with E-state index >= 15 is 0 Å². The van der Waals surface area contributed by atoms with Gasteiger partial charge in [-0.05, 0) is 69.5 Å². The summed E-state index contributed by atoms with van der Waals surface area (Å²) in [5.74, 6) is -0.125. The molecule has 1 N–H and O–H groups in total. The third kappa shape index (κ3) is 3.72. The average molecular weight is 387 g/mol. The van der Waals surface area contributed by atoms with Crippen molar-refractivity contribution in [1.29, 1.82) is 0 Å². The number of carbonyl (C=O) groups is 1. The highest BCUT2D eigenvalue weighted by atomic mass is 32.2. The van der Waals surface area contributed by atoms with Crippen LogP contribution in [0.5, 0.6) is 0 Å². The summed E-state index contributed by atoms with van der Waals surface area (Å²) < 4.78 is 27.8. The molecule has 2 atom stereocenters. The molecule has 1 aliphatic heterocycles. The van der Waals surface area contributed by atoms with Gasteiger partial charge >= 0.3 is 0 Å². The molecule has 0 radical (unpaired) electrons. The smallest absolute Gasteiger partial charge is 0.264 e. The van der Waals surface area contributed by atoms with Gasteiger partial charge in [-0.1, -0.05) is 24.6 Å². The third-order valence-corrected chi connectivity index (χ3v) is 7.00. The van der Waals surface area contributed by atoms with Gasteiger partial charge in [0, 0.05) is 17.6 Å². The normalized spacial score (nSPS) is 17.5. The standard InChI is InChI=1S/C21H26N2O3S/c1-5-15(3)22-21(24)17-8-11-20-18(13-17)12-16(4)23(20)27(25,26)19-9-6-14(2)7-10-19/h6-11,13,15-16H,5,12H2,1-4H3,(H,22,24)/t15-,16+/m0/s1. The molecule has 144 valence electrons. The lowest BCUT2D eigenvalue weighted by Gasteiger charge is -2.24. The van der Waals surface area contributed by atoms with Gasteiger partial charge in [0.15, 0.2) is 0 Å². The van der Waals surface area contributed by atoms with Gasteiger partial charge < -0.3 is 5.32 Å². The largest absolute Gasteiger partial charge is 0.350 e. The number of fused-ring (bicyclic) bond motifs is 1. The fraction of sp³-hybridized carbons (Fsp3) is 0.381. The first-order valence-electron chi connectivity index (χ1n) is 9.29. The molecule has 0 saturated heterocycles. The second kappa shape index (κ2) is 7.35. The Morgan fingerprint density at radius 3 is 2.52 bits per heavy atom. The van der Waals surface area contributed by atoms with Crippen LogP contribution >= 0.6 is 0 Å². The highest BCUT2D eigenvalue weighted by Crippen LogP contribution is 2.37. The van der Waals surface area contributed by atoms with E-state index in [9.17, 15) is 13.2 Å². The van der Waals surface area contributed by atoms with Crippen molar-refractivity contribution in [2.45, 2.75) is 57.5 Å². The SMILES string of the molecule is CC[C@H](C)NC(=O)c1ccc2c(c1)C[C@@H](C)N2S(=O)(=O)c1ccc(C)cc1. The molecule has 1 aliphatic rings. The Bertz CT molecular complexity index is 952. The summed E-state index contributed by atoms with van der Waals surface area (Å²) in [4.78, 5) is 12.7. The number of hydrogen-bond donors (Lipinski definition) is 1. The lowest BCUT2D eigenvalue weighted by atomic mass is 10.1. The van der Waals surface area contributed by atoms with Gasteiger partial charge in [0.05, 0.1) is 10.6 Å². The van der Waals surface area contributed by atoms with Gasteiger partial charge in [-0.25, -0.2) is 8.42 Å². The molecule has 2 aromatic rings. The summed E-state index contributed by atoms with van der Waals surface area (Å²) in [5, 5.41) is 2.95. The van der Waals surface area contributed by atoms with E-state index < -0.39 is 10.0 Å². The summed E-state index contributed by atoms with van der Waals surface area (Å²) in [6.45, 7) is 7.80. The molecule has 1 amide bonds. The van der Waals surface area contributed by atoms with Crippen molar-refractivity contribution in [1.82, 2.24) is 5.32 Å². The number of nitrogens with one attached hydrogen (secondary N) is 1. The predicted molar refractivity (Wildman–Crippen MR) is 108 cm³/mol. The van der Waals surface area contributed by atoms with Crippen LogP contribution in [-0.4, -0.2) is 26.4 Å². The van der Waals surface area contributed by atoms with Crippen molar-refractivity contribution in [2.75, 3.05) is 4.31 Å². The molecule has 3 rings (SSSR count). The number of benzene rings is 2. The zero-order valence-electron chi connectivity index (χ0n) is 16.2. The molecule has 2 aromatic carbocycles. The number of anilines is 1. The minimum atomic E-state index is -3.64. The van der Waals surface area contributed by atoms with E-state index in [4.69, 9.17) is 0 Å². The summed E-state index contributed by atoms with van der Waals surface area (Å²) in [7, 11) is -3.64. The van der Waals surface area contributed by atoms with Crippen LogP contribution in [0.1, 0.15) is 48.7 Å². The highest BCUT2D eigenvalue weighted by Gasteiger charge is 2.36. The van der Waals surface area contributed by atoms with Crippen LogP contribution in [0.4, 0.5) is 5.69 Å². The molecule has 0 unspecified atom stereocenters. The van der Waals surface area contributed by atoms with Crippen molar-refractivity contribution in [3.8, 4) is 0 Å². The molecule has 0 bridgehead atoms. The first kappa shape index (κ1) is 19.4. The second-order valence-corrected chi connectivity index (χ2v) is 9.11. The number of nitrogens with zero attached hydrogens (tertiary/aromatic N) is 1. The molecule has 1 heterocycles. The molecule has 0 aromatic heterocycles. The van der Waals surface area contributed by atoms with Crippen molar-refractivity contribution in [3.05, 3.63) is 59.2 Å². The Kier molecular flexibility index (Phi) is 5.29. The van der Waals surface area contributed by atoms with E-state index in [0.717, 1.165) is 17.5 Å². The Morgan fingerprint density at radius 1 is 1.22 bits per heavy atom. The fourth-order valence-corrected chi connectivity index (χ4v) is 5.04. The lowest BCUT2D eigenvalue weighted by Crippen LogP contribution is -2.35. The van der Waals surface area contributed by atoms with Crippen LogP contribution in [0.2, 0.25) is 0 Å². The molecule has 27 heavy (non-hydrogen) atoms. The maximum atomic E-state index is 13.2. The quantitative estimate of drug-likeness (QED) is 0.853. The van der Waals surface area contributed by atoms with E-state index in [1.807, 2.05) is 33.8 Å². The molecule has 6 heteroatoms. The summed E-state index contributed by atoms with van der Waals surface area (Å²) in [6, 6.07) is 12.1. The van der Waals surface area contributed by atoms with Crippen LogP contribution in [-0.2, 0) is 16.4 Å². The second-order valence-electron chi connectivity index (χ2n) is 7.29. The number of aryl methyl sites for hydroxylation is 1. The number of amides is 1. The van der Waals surface area contributed by atoms with E-state index in [0.29, 0.717) is 17.7 Å². The molecule has 0 saturated carbocycles. The first-order valence-corrected chi connectivity index (χ1v) is 10.7. The summed E-state index contributed by atoms with van der Waals surface area (Å²) >= 11 is 0. The van der Waals surface area contributed by atoms with Gasteiger partial charge in [0.2, 0.25) is 0 Å². The third-order valence-electron chi connectivity index (χ3n) is 5.06. The number of rotatable bonds is 5. The van der Waals surface area contributed by atoms with Gasteiger partial charge in [-0.2, -0.15) is 0 Å². The van der Waals surface area contributed by atoms with E-state index in [1.165, 1.54) is 4.31 Å². The minimum absolute atomic E-state index is 0.100. The number of sulfonamides is 1. The molecular formula is C21H26N2O3S. The highest BCUT2D eigenvalue weighted by molar-refractivity contribution is 7.92. The topological polar surface area (TPSA) is 66.5 Å². The van der Waals surface area contributed by atoms with Crippen molar-refractivity contribution < 1.29 is 13.2 Å². The van der Waals surface area contributed by atoms with Crippen molar-refractivity contribution >= 4 is 21.6 Å². The minimum Gasteiger partial charge on any atom is -0.350 e. The summed E-state index contributed by atoms with van der Waals surface area (Å²) in [5.41, 5.74) is 3.12. The predicted octanol–water partition coefficient (Wildman–Crippen LogP) is 3.66. The Morgan fingerprint density at radius 2 is 1.89 bits per heavy atom. The number of carbonyl (C=O) groups excluding carboxylic acids is 1. The zero-order valence-corrected chi connectivity index (χ0v) is 17.0. The molecule has 0 aliphatic carbocycles. The summed E-state index contributed by atoms with van der Waals surface area (Å²) in [6.07, 6.45) is 1.45. The van der Waals surface area contributed by atoms with Crippen LogP contribution in [0, 0.1) is 6.92 Å². The zero-order chi connectivity index (χ0) is 19.8. The van der Waals surface area contributed by atoms with E-state index in [1.54, 1.807) is 36.4 Å². The molecule has 0 fully saturated rings. The molecule has 0 spiro atoms. The van der Waals surface area contributed by atoms with Gasteiger partial charge in [-0.15, -0.1) is 0 Å². The van der Waals surface area contributed by atoms with Crippen LogP contribution in [0.25, 0.3) is 0 Å². The molecular weight excluding hydrogens is 360 g/mol. The van der Waals surface area contributed by atoms with Crippen LogP contribution in [0.3, 0.4) is 0 Å². The first-order chi connectivity index (χ1) is 12.7. The van der Waals surface area contributed by atoms with E-state index in [-0.39, 0.29) is 22.9 Å².